The van der Waals surface area contributed by atoms with E-state index in [9.17, 15) is 0 Å². The summed E-state index contributed by atoms with van der Waals surface area (Å²) < 4.78 is 17.2. The minimum Gasteiger partial charge on any atom is -0.492 e. The molecule has 3 aliphatic heterocycles. The number of hydrogen-bond acceptors (Lipinski definition) is 5. The highest BCUT2D eigenvalue weighted by Gasteiger charge is 2.42. The van der Waals surface area contributed by atoms with Crippen molar-refractivity contribution in [2.45, 2.75) is 38.3 Å². The molecule has 0 radical (unpaired) electrons. The van der Waals surface area contributed by atoms with Crippen LogP contribution in [0.5, 0.6) is 5.75 Å². The minimum absolute atomic E-state index is 0. The number of benzene rings is 1. The first-order valence-electron chi connectivity index (χ1n) is 11.7. The molecule has 7 nitrogen and oxygen atoms in total. The van der Waals surface area contributed by atoms with E-state index in [2.05, 4.69) is 45.4 Å². The molecule has 3 saturated heterocycles. The summed E-state index contributed by atoms with van der Waals surface area (Å²) in [5.41, 5.74) is 1.54. The maximum atomic E-state index is 6.05. The van der Waals surface area contributed by atoms with Crippen LogP contribution in [-0.4, -0.2) is 88.6 Å². The van der Waals surface area contributed by atoms with Gasteiger partial charge < -0.3 is 24.4 Å². The molecule has 1 aromatic rings. The number of likely N-dealkylation sites (tertiary alicyclic amines) is 1. The Labute approximate surface area is 209 Å². The van der Waals surface area contributed by atoms with Gasteiger partial charge in [-0.05, 0) is 50.4 Å². The zero-order valence-electron chi connectivity index (χ0n) is 19.6. The molecule has 0 aliphatic carbocycles. The maximum absolute atomic E-state index is 6.05. The number of nitrogens with one attached hydrogen (secondary N) is 1. The predicted octanol–water partition coefficient (Wildman–Crippen LogP) is 2.98. The van der Waals surface area contributed by atoms with Crippen molar-refractivity contribution >= 4 is 29.9 Å². The summed E-state index contributed by atoms with van der Waals surface area (Å²) >= 11 is 0. The quantitative estimate of drug-likeness (QED) is 0.316. The topological polar surface area (TPSA) is 58.6 Å². The zero-order chi connectivity index (χ0) is 21.5. The van der Waals surface area contributed by atoms with Gasteiger partial charge in [0.2, 0.25) is 0 Å². The Morgan fingerprint density at radius 3 is 2.84 bits per heavy atom. The fourth-order valence-corrected chi connectivity index (χ4v) is 4.96. The molecule has 4 rings (SSSR count). The molecule has 3 heterocycles. The molecule has 1 aromatic carbocycles. The van der Waals surface area contributed by atoms with Crippen LogP contribution in [0.2, 0.25) is 0 Å². The Morgan fingerprint density at radius 2 is 2.09 bits per heavy atom. The third-order valence-electron chi connectivity index (χ3n) is 7.01. The van der Waals surface area contributed by atoms with E-state index in [-0.39, 0.29) is 24.0 Å². The van der Waals surface area contributed by atoms with Crippen molar-refractivity contribution in [1.82, 2.24) is 15.1 Å². The summed E-state index contributed by atoms with van der Waals surface area (Å²) in [6, 6.07) is 8.98. The molecule has 0 bridgehead atoms. The number of rotatable bonds is 7. The summed E-state index contributed by atoms with van der Waals surface area (Å²) in [7, 11) is 4.05. The van der Waals surface area contributed by atoms with Gasteiger partial charge in [-0.2, -0.15) is 0 Å². The van der Waals surface area contributed by atoms with Crippen molar-refractivity contribution in [3.05, 3.63) is 29.8 Å². The Balaban J connectivity index is 0.00000289. The van der Waals surface area contributed by atoms with Crippen LogP contribution in [0.25, 0.3) is 0 Å². The molecular formula is C24H39IN4O3. The highest BCUT2D eigenvalue weighted by Crippen LogP contribution is 2.38. The van der Waals surface area contributed by atoms with E-state index in [0.29, 0.717) is 18.1 Å². The lowest BCUT2D eigenvalue weighted by atomic mass is 9.87. The normalized spacial score (nSPS) is 24.2. The lowest BCUT2D eigenvalue weighted by molar-refractivity contribution is 0.0392. The van der Waals surface area contributed by atoms with Crippen LogP contribution >= 0.6 is 24.0 Å². The van der Waals surface area contributed by atoms with Crippen molar-refractivity contribution in [3.63, 3.8) is 0 Å². The molecule has 3 fully saturated rings. The van der Waals surface area contributed by atoms with Crippen LogP contribution in [0, 0.1) is 5.41 Å². The van der Waals surface area contributed by atoms with Gasteiger partial charge in [0.05, 0.1) is 6.61 Å². The number of likely N-dealkylation sites (N-methyl/N-ethyl adjacent to an activating group) is 1. The summed E-state index contributed by atoms with van der Waals surface area (Å²) in [6.45, 7) is 8.00. The van der Waals surface area contributed by atoms with E-state index >= 15 is 0 Å². The Morgan fingerprint density at radius 1 is 1.25 bits per heavy atom. The van der Waals surface area contributed by atoms with Gasteiger partial charge in [-0.3, -0.25) is 9.89 Å². The van der Waals surface area contributed by atoms with Gasteiger partial charge in [-0.25, -0.2) is 0 Å². The Hall–Kier alpha value is -1.10. The van der Waals surface area contributed by atoms with Gasteiger partial charge in [-0.1, -0.05) is 12.1 Å². The van der Waals surface area contributed by atoms with Crippen molar-refractivity contribution in [2.24, 2.45) is 10.4 Å². The summed E-state index contributed by atoms with van der Waals surface area (Å²) in [5.74, 6) is 1.91. The standard InChI is InChI=1S/C24H38N4O3.HI/c1-25-23(28-10-8-24(18-28)9-14-30-19-24)26-17-20-4-3-5-22(16-20)31-15-11-27(2)21-6-12-29-13-7-21;/h3-5,16,21H,6-15,17-19H2,1-2H3,(H,25,26);1H. The van der Waals surface area contributed by atoms with Gasteiger partial charge in [0.15, 0.2) is 5.96 Å². The van der Waals surface area contributed by atoms with Crippen LogP contribution in [0.4, 0.5) is 0 Å². The molecule has 1 spiro atoms. The van der Waals surface area contributed by atoms with Crippen LogP contribution in [0.3, 0.4) is 0 Å². The molecular weight excluding hydrogens is 519 g/mol. The Bertz CT molecular complexity index is 736. The van der Waals surface area contributed by atoms with E-state index in [1.807, 2.05) is 13.1 Å². The number of guanidine groups is 1. The van der Waals surface area contributed by atoms with E-state index < -0.39 is 0 Å². The second-order valence-electron chi connectivity index (χ2n) is 9.19. The molecule has 1 atom stereocenters. The van der Waals surface area contributed by atoms with Gasteiger partial charge in [0, 0.05) is 64.5 Å². The van der Waals surface area contributed by atoms with Gasteiger partial charge in [-0.15, -0.1) is 24.0 Å². The van der Waals surface area contributed by atoms with Crippen molar-refractivity contribution in [1.29, 1.82) is 0 Å². The second-order valence-corrected chi connectivity index (χ2v) is 9.19. The van der Waals surface area contributed by atoms with Crippen LogP contribution < -0.4 is 10.1 Å². The number of halogens is 1. The average Bonchev–Trinajstić information content (AvgIpc) is 3.45. The molecule has 180 valence electrons. The fourth-order valence-electron chi connectivity index (χ4n) is 4.96. The monoisotopic (exact) mass is 558 g/mol. The molecule has 8 heteroatoms. The molecule has 32 heavy (non-hydrogen) atoms. The largest absolute Gasteiger partial charge is 0.492 e. The first-order chi connectivity index (χ1) is 15.2. The maximum Gasteiger partial charge on any atom is 0.193 e. The first-order valence-corrected chi connectivity index (χ1v) is 11.7. The van der Waals surface area contributed by atoms with Gasteiger partial charge in [0.25, 0.3) is 0 Å². The first kappa shape index (κ1) is 25.5. The second kappa shape index (κ2) is 12.4. The lowest BCUT2D eigenvalue weighted by Crippen LogP contribution is -2.41. The number of nitrogens with zero attached hydrogens (tertiary/aromatic N) is 3. The summed E-state index contributed by atoms with van der Waals surface area (Å²) in [5, 5.41) is 3.54. The number of ether oxygens (including phenoxy) is 3. The lowest BCUT2D eigenvalue weighted by Gasteiger charge is -2.31. The fraction of sp³-hybridized carbons (Fsp3) is 0.708. The molecule has 3 aliphatic rings. The van der Waals surface area contributed by atoms with Crippen molar-refractivity contribution in [2.75, 3.05) is 66.8 Å². The third-order valence-corrected chi connectivity index (χ3v) is 7.01. The summed E-state index contributed by atoms with van der Waals surface area (Å²) in [4.78, 5) is 9.30. The van der Waals surface area contributed by atoms with E-state index in [1.165, 1.54) is 18.4 Å². The molecule has 0 aromatic heterocycles. The SMILES string of the molecule is CN=C(NCc1cccc(OCCN(C)C2CCOCC2)c1)N1CCC2(CCOC2)C1.I. The van der Waals surface area contributed by atoms with Crippen LogP contribution in [0.15, 0.2) is 29.3 Å². The van der Waals surface area contributed by atoms with Gasteiger partial charge in [0.1, 0.15) is 12.4 Å². The van der Waals surface area contributed by atoms with Crippen molar-refractivity contribution in [3.8, 4) is 5.75 Å². The van der Waals surface area contributed by atoms with Crippen molar-refractivity contribution < 1.29 is 14.2 Å². The third kappa shape index (κ3) is 6.71. The molecule has 1 N–H and O–H groups in total. The number of aliphatic imine (C=N–C) groups is 1. The predicted molar refractivity (Wildman–Crippen MR) is 138 cm³/mol. The van der Waals surface area contributed by atoms with Crippen LogP contribution in [-0.2, 0) is 16.0 Å². The molecule has 0 saturated carbocycles. The van der Waals surface area contributed by atoms with E-state index in [0.717, 1.165) is 77.2 Å². The average molecular weight is 559 g/mol. The summed E-state index contributed by atoms with van der Waals surface area (Å²) in [6.07, 6.45) is 4.59. The highest BCUT2D eigenvalue weighted by atomic mass is 127. The van der Waals surface area contributed by atoms with Gasteiger partial charge >= 0.3 is 0 Å². The van der Waals surface area contributed by atoms with Crippen LogP contribution in [0.1, 0.15) is 31.2 Å². The number of hydrogen-bond donors (Lipinski definition) is 1. The molecule has 0 amide bonds. The highest BCUT2D eigenvalue weighted by molar-refractivity contribution is 14.0. The van der Waals surface area contributed by atoms with E-state index in [1.54, 1.807) is 0 Å². The van der Waals surface area contributed by atoms with E-state index in [4.69, 9.17) is 14.2 Å². The minimum atomic E-state index is 0. The zero-order valence-corrected chi connectivity index (χ0v) is 21.9. The molecule has 1 unspecified atom stereocenters. The Kier molecular flexibility index (Phi) is 9.88. The smallest absolute Gasteiger partial charge is 0.193 e.